The molecule has 8 heteroatoms. The zero-order valence-electron chi connectivity index (χ0n) is 14.2. The molecule has 0 unspecified atom stereocenters. The number of nitrogens with zero attached hydrogens (tertiary/aromatic N) is 2. The van der Waals surface area contributed by atoms with Crippen molar-refractivity contribution in [2.45, 2.75) is 31.8 Å². The van der Waals surface area contributed by atoms with Gasteiger partial charge in [0.15, 0.2) is 0 Å². The first kappa shape index (κ1) is 18.1. The molecule has 2 aromatic rings. The van der Waals surface area contributed by atoms with E-state index in [1.54, 1.807) is 4.90 Å². The van der Waals surface area contributed by atoms with Gasteiger partial charge in [0.2, 0.25) is 5.91 Å². The van der Waals surface area contributed by atoms with Gasteiger partial charge in [0, 0.05) is 40.8 Å². The van der Waals surface area contributed by atoms with E-state index in [2.05, 4.69) is 15.6 Å². The molecule has 1 aromatic carbocycles. The Hall–Kier alpha value is -2.72. The average Bonchev–Trinajstić information content (AvgIpc) is 3.02. The summed E-state index contributed by atoms with van der Waals surface area (Å²) in [6, 6.07) is 9.02. The Morgan fingerprint density at radius 2 is 2.23 bits per heavy atom. The number of fused-ring (bicyclic) bond motifs is 1. The van der Waals surface area contributed by atoms with Crippen LogP contribution in [0.1, 0.15) is 25.0 Å². The Labute approximate surface area is 156 Å². The number of halogens is 1. The van der Waals surface area contributed by atoms with Crippen LogP contribution < -0.4 is 10.6 Å². The van der Waals surface area contributed by atoms with Crippen LogP contribution in [0.2, 0.25) is 5.02 Å². The van der Waals surface area contributed by atoms with E-state index >= 15 is 0 Å². The number of aromatic nitrogens is 1. The van der Waals surface area contributed by atoms with Gasteiger partial charge in [0.25, 0.3) is 0 Å². The molecule has 0 spiro atoms. The second kappa shape index (κ2) is 8.11. The van der Waals surface area contributed by atoms with Gasteiger partial charge >= 0.3 is 6.03 Å². The van der Waals surface area contributed by atoms with E-state index in [9.17, 15) is 9.59 Å². The Kier molecular flexibility index (Phi) is 5.64. The molecular formula is C18H20ClN5O2. The van der Waals surface area contributed by atoms with Crippen LogP contribution in [0.5, 0.6) is 0 Å². The molecule has 1 aliphatic heterocycles. The summed E-state index contributed by atoms with van der Waals surface area (Å²) in [5.74, 6) is -0.184. The fourth-order valence-corrected chi connectivity index (χ4v) is 3.35. The quantitative estimate of drug-likeness (QED) is 0.767. The van der Waals surface area contributed by atoms with Gasteiger partial charge in [-0.15, -0.1) is 0 Å². The number of carbonyl (C=O) groups is 2. The summed E-state index contributed by atoms with van der Waals surface area (Å²) in [5.41, 5.74) is 1.84. The maximum Gasteiger partial charge on any atom is 0.315 e. The van der Waals surface area contributed by atoms with Crippen molar-refractivity contribution in [1.29, 1.82) is 5.26 Å². The largest absolute Gasteiger partial charge is 0.357 e. The SMILES string of the molecule is N#CCC(=O)N1CCC[C@@H](NC(=O)NCc2cc3cc(Cl)ccc3[nH]2)C1. The zero-order valence-corrected chi connectivity index (χ0v) is 15.0. The number of nitriles is 1. The van der Waals surface area contributed by atoms with Crippen molar-refractivity contribution in [1.82, 2.24) is 20.5 Å². The molecule has 0 aliphatic carbocycles. The van der Waals surface area contributed by atoms with Gasteiger partial charge in [-0.05, 0) is 37.1 Å². The summed E-state index contributed by atoms with van der Waals surface area (Å²) in [6.07, 6.45) is 1.50. The third-order valence-electron chi connectivity index (χ3n) is 4.42. The minimum absolute atomic E-state index is 0.104. The van der Waals surface area contributed by atoms with Crippen LogP contribution in [0.25, 0.3) is 10.9 Å². The van der Waals surface area contributed by atoms with Gasteiger partial charge in [-0.3, -0.25) is 4.79 Å². The standard InChI is InChI=1S/C18H20ClN5O2/c19-13-3-4-16-12(8-13)9-15(22-16)10-21-18(26)23-14-2-1-7-24(11-14)17(25)5-6-20/h3-4,8-9,14,22H,1-2,5,7,10-11H2,(H2,21,23,26)/t14-/m1/s1. The lowest BCUT2D eigenvalue weighted by atomic mass is 10.1. The second-order valence-electron chi connectivity index (χ2n) is 6.37. The van der Waals surface area contributed by atoms with Crippen molar-refractivity contribution >= 4 is 34.4 Å². The minimum atomic E-state index is -0.277. The maximum atomic E-state index is 12.1. The summed E-state index contributed by atoms with van der Waals surface area (Å²) in [6.45, 7) is 1.44. The molecule has 26 heavy (non-hydrogen) atoms. The summed E-state index contributed by atoms with van der Waals surface area (Å²) in [5, 5.41) is 16.0. The minimum Gasteiger partial charge on any atom is -0.357 e. The zero-order chi connectivity index (χ0) is 18.5. The highest BCUT2D eigenvalue weighted by atomic mass is 35.5. The molecule has 7 nitrogen and oxygen atoms in total. The smallest absolute Gasteiger partial charge is 0.315 e. The van der Waals surface area contributed by atoms with E-state index in [1.807, 2.05) is 30.3 Å². The first-order chi connectivity index (χ1) is 12.5. The van der Waals surface area contributed by atoms with Gasteiger partial charge in [-0.25, -0.2) is 4.79 Å². The highest BCUT2D eigenvalue weighted by Gasteiger charge is 2.24. The number of piperidine rings is 1. The maximum absolute atomic E-state index is 12.1. The fraction of sp³-hybridized carbons (Fsp3) is 0.389. The molecule has 0 bridgehead atoms. The number of likely N-dealkylation sites (tertiary alicyclic amines) is 1. The number of nitrogens with one attached hydrogen (secondary N) is 3. The third kappa shape index (κ3) is 4.46. The number of carbonyl (C=O) groups excluding carboxylic acids is 2. The molecule has 3 N–H and O–H groups in total. The first-order valence-corrected chi connectivity index (χ1v) is 8.89. The normalized spacial score (nSPS) is 16.9. The van der Waals surface area contributed by atoms with E-state index in [4.69, 9.17) is 16.9 Å². The van der Waals surface area contributed by atoms with E-state index in [1.165, 1.54) is 0 Å². The summed E-state index contributed by atoms with van der Waals surface area (Å²) in [4.78, 5) is 28.8. The van der Waals surface area contributed by atoms with Crippen molar-refractivity contribution in [3.63, 3.8) is 0 Å². The summed E-state index contributed by atoms with van der Waals surface area (Å²) >= 11 is 5.98. The summed E-state index contributed by atoms with van der Waals surface area (Å²) < 4.78 is 0. The second-order valence-corrected chi connectivity index (χ2v) is 6.80. The molecule has 1 aliphatic rings. The van der Waals surface area contributed by atoms with Gasteiger partial charge in [-0.1, -0.05) is 11.6 Å². The Bertz CT molecular complexity index is 857. The molecule has 1 saturated heterocycles. The third-order valence-corrected chi connectivity index (χ3v) is 4.65. The number of H-pyrrole nitrogens is 1. The number of hydrogen-bond donors (Lipinski definition) is 3. The van der Waals surface area contributed by atoms with Crippen molar-refractivity contribution in [2.24, 2.45) is 0 Å². The predicted octanol–water partition coefficient (Wildman–Crippen LogP) is 2.53. The number of aromatic amines is 1. The monoisotopic (exact) mass is 373 g/mol. The lowest BCUT2D eigenvalue weighted by Crippen LogP contribution is -2.51. The fourth-order valence-electron chi connectivity index (χ4n) is 3.17. The molecule has 1 fully saturated rings. The number of benzene rings is 1. The van der Waals surface area contributed by atoms with Crippen LogP contribution in [0.4, 0.5) is 4.79 Å². The van der Waals surface area contributed by atoms with E-state index in [-0.39, 0.29) is 24.4 Å². The van der Waals surface area contributed by atoms with Gasteiger partial charge in [-0.2, -0.15) is 5.26 Å². The molecular weight excluding hydrogens is 354 g/mol. The number of hydrogen-bond acceptors (Lipinski definition) is 3. The lowest BCUT2D eigenvalue weighted by molar-refractivity contribution is -0.131. The molecule has 0 radical (unpaired) electrons. The number of amides is 3. The van der Waals surface area contributed by atoms with Crippen molar-refractivity contribution in [3.05, 3.63) is 35.0 Å². The molecule has 0 saturated carbocycles. The van der Waals surface area contributed by atoms with Crippen LogP contribution in [0, 0.1) is 11.3 Å². The molecule has 3 rings (SSSR count). The van der Waals surface area contributed by atoms with Gasteiger partial charge in [0.1, 0.15) is 6.42 Å². The molecule has 1 atom stereocenters. The van der Waals surface area contributed by atoms with Crippen LogP contribution in [-0.4, -0.2) is 41.0 Å². The van der Waals surface area contributed by atoms with Crippen molar-refractivity contribution in [2.75, 3.05) is 13.1 Å². The number of urea groups is 1. The van der Waals surface area contributed by atoms with Crippen LogP contribution in [0.15, 0.2) is 24.3 Å². The Morgan fingerprint density at radius 3 is 3.04 bits per heavy atom. The Balaban J connectivity index is 1.50. The number of rotatable bonds is 4. The highest BCUT2D eigenvalue weighted by molar-refractivity contribution is 6.31. The van der Waals surface area contributed by atoms with E-state index in [0.717, 1.165) is 29.4 Å². The van der Waals surface area contributed by atoms with Crippen LogP contribution in [0.3, 0.4) is 0 Å². The highest BCUT2D eigenvalue weighted by Crippen LogP contribution is 2.20. The van der Waals surface area contributed by atoms with Gasteiger partial charge in [0.05, 0.1) is 12.6 Å². The van der Waals surface area contributed by atoms with E-state index in [0.29, 0.717) is 24.7 Å². The van der Waals surface area contributed by atoms with Gasteiger partial charge < -0.3 is 20.5 Å². The van der Waals surface area contributed by atoms with Crippen LogP contribution >= 0.6 is 11.6 Å². The molecule has 3 amide bonds. The summed E-state index contributed by atoms with van der Waals surface area (Å²) in [7, 11) is 0. The first-order valence-electron chi connectivity index (χ1n) is 8.51. The van der Waals surface area contributed by atoms with Crippen molar-refractivity contribution in [3.8, 4) is 6.07 Å². The predicted molar refractivity (Wildman–Crippen MR) is 98.5 cm³/mol. The molecule has 136 valence electrons. The van der Waals surface area contributed by atoms with Crippen LogP contribution in [-0.2, 0) is 11.3 Å². The molecule has 1 aromatic heterocycles. The molecule has 2 heterocycles. The average molecular weight is 374 g/mol. The Morgan fingerprint density at radius 1 is 1.38 bits per heavy atom. The topological polar surface area (TPSA) is 101 Å². The van der Waals surface area contributed by atoms with Crippen molar-refractivity contribution < 1.29 is 9.59 Å². The lowest BCUT2D eigenvalue weighted by Gasteiger charge is -2.32. The van der Waals surface area contributed by atoms with E-state index < -0.39 is 0 Å².